The molecule has 0 unspecified atom stereocenters. The van der Waals surface area contributed by atoms with Crippen LogP contribution >= 0.6 is 0 Å². The fraction of sp³-hybridized carbons (Fsp3) is 0.556. The van der Waals surface area contributed by atoms with Crippen LogP contribution in [-0.4, -0.2) is 6.04 Å². The quantitative estimate of drug-likeness (QED) is 0.820. The number of nitrogens with one attached hydrogen (secondary N) is 1. The van der Waals surface area contributed by atoms with Crippen LogP contribution in [0.4, 0.5) is 13.2 Å². The fourth-order valence-electron chi connectivity index (χ4n) is 1.16. The summed E-state index contributed by atoms with van der Waals surface area (Å²) in [5, 5.41) is 3.08. The van der Waals surface area contributed by atoms with E-state index in [1.54, 1.807) is 0 Å². The summed E-state index contributed by atoms with van der Waals surface area (Å²) in [5.41, 5.74) is 0. The van der Waals surface area contributed by atoms with Crippen molar-refractivity contribution in [3.05, 3.63) is 23.7 Å². The molecule has 0 radical (unpaired) electrons. The Morgan fingerprint density at radius 2 is 2.07 bits per heavy atom. The van der Waals surface area contributed by atoms with Gasteiger partial charge in [-0.2, -0.15) is 13.2 Å². The number of hydrogen-bond acceptors (Lipinski definition) is 2. The Morgan fingerprint density at radius 3 is 2.57 bits per heavy atom. The van der Waals surface area contributed by atoms with Crippen molar-refractivity contribution in [2.24, 2.45) is 0 Å². The van der Waals surface area contributed by atoms with Gasteiger partial charge in [0.2, 0.25) is 5.76 Å². The van der Waals surface area contributed by atoms with Gasteiger partial charge < -0.3 is 9.73 Å². The zero-order chi connectivity index (χ0) is 10.2. The van der Waals surface area contributed by atoms with E-state index in [9.17, 15) is 13.2 Å². The standard InChI is InChI=1S/C9H10F3NO/c10-9(11,12)8-4-3-7(14-8)5-13-6-1-2-6/h3-4,6,13H,1-2,5H2. The minimum atomic E-state index is -4.38. The number of halogens is 3. The second-order valence-electron chi connectivity index (χ2n) is 3.42. The molecule has 0 atom stereocenters. The average molecular weight is 205 g/mol. The molecule has 1 aromatic rings. The molecule has 1 heterocycles. The number of alkyl halides is 3. The molecule has 1 aliphatic rings. The summed E-state index contributed by atoms with van der Waals surface area (Å²) in [6.45, 7) is 0.376. The van der Waals surface area contributed by atoms with E-state index < -0.39 is 11.9 Å². The first-order valence-corrected chi connectivity index (χ1v) is 4.45. The molecular formula is C9H10F3NO. The normalized spacial score (nSPS) is 17.4. The smallest absolute Gasteiger partial charge is 0.449 e. The van der Waals surface area contributed by atoms with Crippen molar-refractivity contribution in [2.45, 2.75) is 31.6 Å². The average Bonchev–Trinajstić information content (AvgIpc) is 2.77. The first-order valence-electron chi connectivity index (χ1n) is 4.45. The van der Waals surface area contributed by atoms with Crippen LogP contribution in [0.15, 0.2) is 16.5 Å². The molecule has 1 N–H and O–H groups in total. The predicted molar refractivity (Wildman–Crippen MR) is 43.6 cm³/mol. The van der Waals surface area contributed by atoms with Gasteiger partial charge in [-0.15, -0.1) is 0 Å². The minimum absolute atomic E-state index is 0.337. The highest BCUT2D eigenvalue weighted by Gasteiger charge is 2.34. The van der Waals surface area contributed by atoms with E-state index in [2.05, 4.69) is 9.73 Å². The van der Waals surface area contributed by atoms with E-state index >= 15 is 0 Å². The zero-order valence-corrected chi connectivity index (χ0v) is 7.40. The van der Waals surface area contributed by atoms with Crippen LogP contribution in [0.1, 0.15) is 24.4 Å². The van der Waals surface area contributed by atoms with E-state index in [4.69, 9.17) is 0 Å². The van der Waals surface area contributed by atoms with E-state index in [0.29, 0.717) is 18.3 Å². The van der Waals surface area contributed by atoms with Gasteiger partial charge in [-0.1, -0.05) is 0 Å². The lowest BCUT2D eigenvalue weighted by Gasteiger charge is -2.01. The molecule has 14 heavy (non-hydrogen) atoms. The molecule has 78 valence electrons. The van der Waals surface area contributed by atoms with Gasteiger partial charge in [0.15, 0.2) is 0 Å². The molecular weight excluding hydrogens is 195 g/mol. The Kier molecular flexibility index (Phi) is 2.26. The summed E-state index contributed by atoms with van der Waals surface area (Å²) in [4.78, 5) is 0. The van der Waals surface area contributed by atoms with E-state index in [-0.39, 0.29) is 0 Å². The van der Waals surface area contributed by atoms with Crippen LogP contribution in [0.5, 0.6) is 0 Å². The van der Waals surface area contributed by atoms with Gasteiger partial charge in [-0.25, -0.2) is 0 Å². The molecule has 1 aromatic heterocycles. The van der Waals surface area contributed by atoms with Crippen molar-refractivity contribution in [3.8, 4) is 0 Å². The Hall–Kier alpha value is -0.970. The highest BCUT2D eigenvalue weighted by molar-refractivity contribution is 5.09. The molecule has 5 heteroatoms. The van der Waals surface area contributed by atoms with Gasteiger partial charge in [0.05, 0.1) is 6.54 Å². The van der Waals surface area contributed by atoms with Gasteiger partial charge in [0.25, 0.3) is 0 Å². The van der Waals surface area contributed by atoms with Gasteiger partial charge in [-0.3, -0.25) is 0 Å². The van der Waals surface area contributed by atoms with Crippen LogP contribution in [0.2, 0.25) is 0 Å². The van der Waals surface area contributed by atoms with Crippen molar-refractivity contribution < 1.29 is 17.6 Å². The Bertz CT molecular complexity index is 314. The lowest BCUT2D eigenvalue weighted by molar-refractivity contribution is -0.153. The molecule has 1 fully saturated rings. The molecule has 0 aliphatic heterocycles. The summed E-state index contributed by atoms with van der Waals surface area (Å²) in [5.74, 6) is -0.589. The van der Waals surface area contributed by atoms with Crippen LogP contribution in [0.3, 0.4) is 0 Å². The van der Waals surface area contributed by atoms with Gasteiger partial charge in [-0.05, 0) is 25.0 Å². The summed E-state index contributed by atoms with van der Waals surface area (Å²) >= 11 is 0. The Morgan fingerprint density at radius 1 is 1.36 bits per heavy atom. The summed E-state index contributed by atoms with van der Waals surface area (Å²) in [6, 6.07) is 2.79. The third-order valence-corrected chi connectivity index (χ3v) is 2.08. The molecule has 2 rings (SSSR count). The van der Waals surface area contributed by atoms with Crippen molar-refractivity contribution in [2.75, 3.05) is 0 Å². The number of hydrogen-bond donors (Lipinski definition) is 1. The maximum Gasteiger partial charge on any atom is 0.449 e. The highest BCUT2D eigenvalue weighted by atomic mass is 19.4. The van der Waals surface area contributed by atoms with Crippen LogP contribution < -0.4 is 5.32 Å². The highest BCUT2D eigenvalue weighted by Crippen LogP contribution is 2.30. The Labute approximate surface area is 79.1 Å². The van der Waals surface area contributed by atoms with E-state index in [1.165, 1.54) is 6.07 Å². The molecule has 1 aliphatic carbocycles. The molecule has 0 aromatic carbocycles. The Balaban J connectivity index is 1.94. The third kappa shape index (κ3) is 2.29. The first kappa shape index (κ1) is 9.58. The van der Waals surface area contributed by atoms with E-state index in [0.717, 1.165) is 18.9 Å². The molecule has 0 bridgehead atoms. The second-order valence-corrected chi connectivity index (χ2v) is 3.42. The minimum Gasteiger partial charge on any atom is -0.455 e. The monoisotopic (exact) mass is 205 g/mol. The fourth-order valence-corrected chi connectivity index (χ4v) is 1.16. The van der Waals surface area contributed by atoms with Gasteiger partial charge >= 0.3 is 6.18 Å². The summed E-state index contributed by atoms with van der Waals surface area (Å²) < 4.78 is 40.9. The van der Waals surface area contributed by atoms with Crippen molar-refractivity contribution in [1.29, 1.82) is 0 Å². The third-order valence-electron chi connectivity index (χ3n) is 2.08. The van der Waals surface area contributed by atoms with Gasteiger partial charge in [0.1, 0.15) is 5.76 Å². The first-order chi connectivity index (χ1) is 6.55. The topological polar surface area (TPSA) is 25.2 Å². The summed E-state index contributed by atoms with van der Waals surface area (Å²) in [6.07, 6.45) is -2.17. The largest absolute Gasteiger partial charge is 0.455 e. The van der Waals surface area contributed by atoms with Crippen LogP contribution in [-0.2, 0) is 12.7 Å². The van der Waals surface area contributed by atoms with Crippen molar-refractivity contribution in [1.82, 2.24) is 5.32 Å². The van der Waals surface area contributed by atoms with Crippen molar-refractivity contribution in [3.63, 3.8) is 0 Å². The molecule has 2 nitrogen and oxygen atoms in total. The van der Waals surface area contributed by atoms with Gasteiger partial charge in [0, 0.05) is 6.04 Å². The summed E-state index contributed by atoms with van der Waals surface area (Å²) in [7, 11) is 0. The predicted octanol–water partition coefficient (Wildman–Crippen LogP) is 2.55. The molecule has 1 saturated carbocycles. The number of furan rings is 1. The molecule has 0 amide bonds. The van der Waals surface area contributed by atoms with Crippen LogP contribution in [0, 0.1) is 0 Å². The number of rotatable bonds is 3. The maximum atomic E-state index is 12.1. The van der Waals surface area contributed by atoms with Crippen molar-refractivity contribution >= 4 is 0 Å². The molecule has 0 saturated heterocycles. The zero-order valence-electron chi connectivity index (χ0n) is 7.40. The van der Waals surface area contributed by atoms with E-state index in [1.807, 2.05) is 0 Å². The second kappa shape index (κ2) is 3.31. The lowest BCUT2D eigenvalue weighted by atomic mass is 10.4. The maximum absolute atomic E-state index is 12.1. The SMILES string of the molecule is FC(F)(F)c1ccc(CNC2CC2)o1. The molecule has 0 spiro atoms. The lowest BCUT2D eigenvalue weighted by Crippen LogP contribution is -2.14. The van der Waals surface area contributed by atoms with Crippen LogP contribution in [0.25, 0.3) is 0 Å².